The van der Waals surface area contributed by atoms with Crippen LogP contribution in [-0.2, 0) is 14.3 Å². The SMILES string of the molecule is CC(=O)OCCN1C(C)(C)CC(N2C(=O)c3ccc(C(=O)OCCOc4ccccc4)cc3C2=O)CC1(C)C. The van der Waals surface area contributed by atoms with Crippen LogP contribution in [0.3, 0.4) is 0 Å². The quantitative estimate of drug-likeness (QED) is 0.268. The number of carbonyl (C=O) groups is 4. The zero-order valence-corrected chi connectivity index (χ0v) is 23.2. The molecule has 0 atom stereocenters. The number of esters is 2. The molecule has 1 fully saturated rings. The summed E-state index contributed by atoms with van der Waals surface area (Å²) in [5.74, 6) is -0.984. The smallest absolute Gasteiger partial charge is 0.338 e. The van der Waals surface area contributed by atoms with Crippen LogP contribution in [0.25, 0.3) is 0 Å². The molecule has 2 aliphatic heterocycles. The van der Waals surface area contributed by atoms with E-state index in [4.69, 9.17) is 14.2 Å². The Hall–Kier alpha value is -3.72. The molecule has 0 N–H and O–H groups in total. The lowest BCUT2D eigenvalue weighted by molar-refractivity contribution is -0.143. The molecule has 9 nitrogen and oxygen atoms in total. The van der Waals surface area contributed by atoms with E-state index in [1.807, 2.05) is 30.3 Å². The number of carbonyl (C=O) groups excluding carboxylic acids is 4. The number of rotatable bonds is 9. The van der Waals surface area contributed by atoms with Crippen LogP contribution in [0.15, 0.2) is 48.5 Å². The van der Waals surface area contributed by atoms with E-state index in [0.717, 1.165) is 0 Å². The number of hydrogen-bond donors (Lipinski definition) is 0. The van der Waals surface area contributed by atoms with Gasteiger partial charge in [0, 0.05) is 30.6 Å². The van der Waals surface area contributed by atoms with Crippen LogP contribution < -0.4 is 4.74 Å². The van der Waals surface area contributed by atoms with Crippen LogP contribution in [0.1, 0.15) is 78.5 Å². The molecule has 0 radical (unpaired) electrons. The van der Waals surface area contributed by atoms with Crippen LogP contribution >= 0.6 is 0 Å². The molecular weight excluding hydrogens is 500 g/mol. The van der Waals surface area contributed by atoms with Gasteiger partial charge in [-0.05, 0) is 70.9 Å². The van der Waals surface area contributed by atoms with Gasteiger partial charge in [-0.25, -0.2) is 4.79 Å². The van der Waals surface area contributed by atoms with Crippen molar-refractivity contribution in [1.82, 2.24) is 9.80 Å². The third-order valence-corrected chi connectivity index (χ3v) is 7.40. The molecule has 0 unspecified atom stereocenters. The van der Waals surface area contributed by atoms with Gasteiger partial charge in [0.25, 0.3) is 11.8 Å². The maximum absolute atomic E-state index is 13.5. The lowest BCUT2D eigenvalue weighted by Gasteiger charge is -2.56. The third-order valence-electron chi connectivity index (χ3n) is 7.40. The first kappa shape index (κ1) is 28.3. The fourth-order valence-electron chi connectivity index (χ4n) is 5.95. The standard InChI is InChI=1S/C30H36N2O7/c1-20(33)37-14-13-31-29(2,3)18-22(19-30(31,4)5)32-26(34)24-12-11-21(17-25(24)27(32)35)28(36)39-16-15-38-23-9-7-6-8-10-23/h6-12,17,22H,13-16,18-19H2,1-5H3. The molecule has 39 heavy (non-hydrogen) atoms. The Morgan fingerprint density at radius 3 is 2.13 bits per heavy atom. The van der Waals surface area contributed by atoms with Gasteiger partial charge in [-0.3, -0.25) is 24.2 Å². The molecule has 0 aromatic heterocycles. The molecule has 1 saturated heterocycles. The summed E-state index contributed by atoms with van der Waals surface area (Å²) in [6.45, 7) is 10.7. The van der Waals surface area contributed by atoms with Gasteiger partial charge >= 0.3 is 11.9 Å². The summed E-state index contributed by atoms with van der Waals surface area (Å²) in [4.78, 5) is 54.4. The maximum atomic E-state index is 13.5. The Morgan fingerprint density at radius 1 is 0.846 bits per heavy atom. The zero-order chi connectivity index (χ0) is 28.4. The molecule has 2 aliphatic rings. The summed E-state index contributed by atoms with van der Waals surface area (Å²) in [7, 11) is 0. The highest BCUT2D eigenvalue weighted by Gasteiger charge is 2.50. The number of para-hydroxylation sites is 1. The molecule has 9 heteroatoms. The third kappa shape index (κ3) is 6.14. The Labute approximate surface area is 229 Å². The van der Waals surface area contributed by atoms with E-state index in [0.29, 0.717) is 25.1 Å². The zero-order valence-electron chi connectivity index (χ0n) is 23.2. The van der Waals surface area contributed by atoms with Gasteiger partial charge in [-0.2, -0.15) is 0 Å². The fourth-order valence-corrected chi connectivity index (χ4v) is 5.95. The lowest BCUT2D eigenvalue weighted by Crippen LogP contribution is -2.65. The average molecular weight is 537 g/mol. The number of benzene rings is 2. The first-order valence-corrected chi connectivity index (χ1v) is 13.2. The molecule has 0 saturated carbocycles. The first-order chi connectivity index (χ1) is 18.4. The largest absolute Gasteiger partial charge is 0.490 e. The van der Waals surface area contributed by atoms with E-state index in [2.05, 4.69) is 32.6 Å². The second-order valence-corrected chi connectivity index (χ2v) is 11.2. The summed E-state index contributed by atoms with van der Waals surface area (Å²) in [5.41, 5.74) is -0.0191. The summed E-state index contributed by atoms with van der Waals surface area (Å²) < 4.78 is 16.0. The second-order valence-electron chi connectivity index (χ2n) is 11.2. The van der Waals surface area contributed by atoms with Gasteiger partial charge in [0.15, 0.2) is 0 Å². The predicted molar refractivity (Wildman–Crippen MR) is 144 cm³/mol. The molecule has 2 amide bonds. The van der Waals surface area contributed by atoms with Crippen molar-refractivity contribution in [2.45, 2.75) is 64.6 Å². The summed E-state index contributed by atoms with van der Waals surface area (Å²) in [6, 6.07) is 13.4. The van der Waals surface area contributed by atoms with Crippen LogP contribution in [-0.4, -0.2) is 77.0 Å². The Bertz CT molecular complexity index is 1240. The number of amides is 2. The summed E-state index contributed by atoms with van der Waals surface area (Å²) in [5, 5.41) is 0. The normalized spacial score (nSPS) is 18.5. The van der Waals surface area contributed by atoms with Gasteiger partial charge in [-0.1, -0.05) is 18.2 Å². The van der Waals surface area contributed by atoms with Crippen LogP contribution in [0.4, 0.5) is 0 Å². The molecule has 0 aliphatic carbocycles. The summed E-state index contributed by atoms with van der Waals surface area (Å²) in [6.07, 6.45) is 1.14. The van der Waals surface area contributed by atoms with E-state index >= 15 is 0 Å². The van der Waals surface area contributed by atoms with E-state index < -0.39 is 11.9 Å². The second kappa shape index (κ2) is 11.2. The molecule has 208 valence electrons. The minimum Gasteiger partial charge on any atom is -0.490 e. The van der Waals surface area contributed by atoms with Crippen molar-refractivity contribution in [2.75, 3.05) is 26.4 Å². The first-order valence-electron chi connectivity index (χ1n) is 13.2. The van der Waals surface area contributed by atoms with Gasteiger partial charge in [-0.15, -0.1) is 0 Å². The topological polar surface area (TPSA) is 102 Å². The molecule has 2 heterocycles. The number of likely N-dealkylation sites (tertiary alicyclic amines) is 1. The molecule has 0 bridgehead atoms. The van der Waals surface area contributed by atoms with Crippen molar-refractivity contribution in [1.29, 1.82) is 0 Å². The number of nitrogens with zero attached hydrogens (tertiary/aromatic N) is 2. The van der Waals surface area contributed by atoms with Gasteiger partial charge in [0.2, 0.25) is 0 Å². The fraction of sp³-hybridized carbons (Fsp3) is 0.467. The number of imide groups is 1. The monoisotopic (exact) mass is 536 g/mol. The molecular formula is C30H36N2O7. The Balaban J connectivity index is 1.42. The number of fused-ring (bicyclic) bond motifs is 1. The summed E-state index contributed by atoms with van der Waals surface area (Å²) >= 11 is 0. The Kier molecular flexibility index (Phi) is 8.11. The van der Waals surface area contributed by atoms with E-state index in [9.17, 15) is 19.2 Å². The number of piperidine rings is 1. The maximum Gasteiger partial charge on any atom is 0.338 e. The Morgan fingerprint density at radius 2 is 1.49 bits per heavy atom. The molecule has 0 spiro atoms. The van der Waals surface area contributed by atoms with Crippen LogP contribution in [0, 0.1) is 0 Å². The highest BCUT2D eigenvalue weighted by atomic mass is 16.6. The van der Waals surface area contributed by atoms with Crippen molar-refractivity contribution >= 4 is 23.8 Å². The number of hydrogen-bond acceptors (Lipinski definition) is 8. The van der Waals surface area contributed by atoms with Gasteiger partial charge in [0.1, 0.15) is 25.6 Å². The van der Waals surface area contributed by atoms with Crippen LogP contribution in [0.2, 0.25) is 0 Å². The van der Waals surface area contributed by atoms with Crippen molar-refractivity contribution in [3.05, 3.63) is 65.2 Å². The highest BCUT2D eigenvalue weighted by Crippen LogP contribution is 2.42. The molecule has 2 aromatic rings. The minimum absolute atomic E-state index is 0.0456. The minimum atomic E-state index is -0.587. The van der Waals surface area contributed by atoms with Crippen molar-refractivity contribution < 1.29 is 33.4 Å². The van der Waals surface area contributed by atoms with E-state index in [-0.39, 0.29) is 65.5 Å². The average Bonchev–Trinajstić information content (AvgIpc) is 3.12. The van der Waals surface area contributed by atoms with Crippen molar-refractivity contribution in [3.8, 4) is 5.75 Å². The van der Waals surface area contributed by atoms with Gasteiger partial charge < -0.3 is 14.2 Å². The van der Waals surface area contributed by atoms with Gasteiger partial charge in [0.05, 0.1) is 16.7 Å². The van der Waals surface area contributed by atoms with E-state index in [1.165, 1.54) is 30.0 Å². The van der Waals surface area contributed by atoms with Crippen molar-refractivity contribution in [2.24, 2.45) is 0 Å². The van der Waals surface area contributed by atoms with E-state index in [1.54, 1.807) is 0 Å². The predicted octanol–water partition coefficient (Wildman–Crippen LogP) is 4.10. The molecule has 4 rings (SSSR count). The van der Waals surface area contributed by atoms with Crippen molar-refractivity contribution in [3.63, 3.8) is 0 Å². The number of ether oxygens (including phenoxy) is 3. The molecule has 2 aromatic carbocycles. The van der Waals surface area contributed by atoms with Crippen LogP contribution in [0.5, 0.6) is 5.75 Å². The lowest BCUT2D eigenvalue weighted by atomic mass is 9.76. The highest BCUT2D eigenvalue weighted by molar-refractivity contribution is 6.22.